The Balaban J connectivity index is 1.87. The van der Waals surface area contributed by atoms with E-state index in [9.17, 15) is 9.59 Å². The van der Waals surface area contributed by atoms with Gasteiger partial charge in [-0.1, -0.05) is 35.0 Å². The lowest BCUT2D eigenvalue weighted by Crippen LogP contribution is -2.53. The Morgan fingerprint density at radius 1 is 1.45 bits per heavy atom. The normalized spacial score (nSPS) is 17.0. The average molecular weight is 338 g/mol. The van der Waals surface area contributed by atoms with E-state index >= 15 is 0 Å². The van der Waals surface area contributed by atoms with Crippen molar-refractivity contribution in [1.82, 2.24) is 4.90 Å². The van der Waals surface area contributed by atoms with Crippen molar-refractivity contribution >= 4 is 33.9 Å². The van der Waals surface area contributed by atoms with Crippen molar-refractivity contribution < 1.29 is 14.7 Å². The first-order valence-corrected chi connectivity index (χ1v) is 7.22. The van der Waals surface area contributed by atoms with Crippen LogP contribution in [-0.4, -0.2) is 35.0 Å². The van der Waals surface area contributed by atoms with Crippen molar-refractivity contribution in [2.75, 3.05) is 13.1 Å². The number of aliphatic carboxylic acids is 1. The number of halogens is 1. The van der Waals surface area contributed by atoms with Crippen LogP contribution >= 0.6 is 15.9 Å². The molecule has 0 aliphatic carbocycles. The second-order valence-electron chi connectivity index (χ2n) is 5.02. The number of hydrogen-bond donors (Lipinski definition) is 1. The second kappa shape index (κ2) is 6.22. The summed E-state index contributed by atoms with van der Waals surface area (Å²) in [5, 5.41) is 8.90. The number of amides is 1. The van der Waals surface area contributed by atoms with Gasteiger partial charge in [0.05, 0.1) is 5.92 Å². The molecule has 1 fully saturated rings. The molecule has 1 saturated heterocycles. The monoisotopic (exact) mass is 337 g/mol. The molecule has 0 radical (unpaired) electrons. The maximum Gasteiger partial charge on any atom is 0.306 e. The average Bonchev–Trinajstić information content (AvgIpc) is 2.34. The van der Waals surface area contributed by atoms with Crippen molar-refractivity contribution in [1.29, 1.82) is 0 Å². The van der Waals surface area contributed by atoms with E-state index in [0.29, 0.717) is 13.1 Å². The molecule has 0 saturated carbocycles. The standard InChI is InChI=1S/C15H16BrNO3/c1-10(15(19)20)12-8-17(9-12)14(18)6-5-11-3-2-4-13(16)7-11/h2-7,10,12H,8-9H2,1H3,(H,19,20)/b6-5+. The minimum atomic E-state index is -0.799. The van der Waals surface area contributed by atoms with E-state index in [-0.39, 0.29) is 11.8 Å². The first kappa shape index (κ1) is 14.8. The van der Waals surface area contributed by atoms with Crippen molar-refractivity contribution in [2.45, 2.75) is 6.92 Å². The lowest BCUT2D eigenvalue weighted by molar-refractivity contribution is -0.148. The quantitative estimate of drug-likeness (QED) is 0.859. The van der Waals surface area contributed by atoms with E-state index < -0.39 is 11.9 Å². The zero-order valence-corrected chi connectivity index (χ0v) is 12.7. The van der Waals surface area contributed by atoms with E-state index in [1.807, 2.05) is 24.3 Å². The Hall–Kier alpha value is -1.62. The number of benzene rings is 1. The van der Waals surface area contributed by atoms with Gasteiger partial charge in [0.25, 0.3) is 0 Å². The molecule has 5 heteroatoms. The van der Waals surface area contributed by atoms with Gasteiger partial charge in [-0.05, 0) is 23.8 Å². The van der Waals surface area contributed by atoms with Crippen LogP contribution in [0, 0.1) is 11.8 Å². The third kappa shape index (κ3) is 3.48. The summed E-state index contributed by atoms with van der Waals surface area (Å²) in [6, 6.07) is 7.67. The molecule has 1 amide bonds. The van der Waals surface area contributed by atoms with Crippen molar-refractivity contribution in [2.24, 2.45) is 11.8 Å². The fourth-order valence-corrected chi connectivity index (χ4v) is 2.51. The zero-order valence-electron chi connectivity index (χ0n) is 11.1. The molecule has 0 bridgehead atoms. The minimum absolute atomic E-state index is 0.0655. The van der Waals surface area contributed by atoms with Crippen LogP contribution in [0.3, 0.4) is 0 Å². The molecule has 1 aliphatic rings. The highest BCUT2D eigenvalue weighted by atomic mass is 79.9. The summed E-state index contributed by atoms with van der Waals surface area (Å²) >= 11 is 3.38. The van der Waals surface area contributed by atoms with Gasteiger partial charge in [0.15, 0.2) is 0 Å². The summed E-state index contributed by atoms with van der Waals surface area (Å²) in [4.78, 5) is 24.4. The second-order valence-corrected chi connectivity index (χ2v) is 5.93. The summed E-state index contributed by atoms with van der Waals surface area (Å²) in [5.41, 5.74) is 0.948. The van der Waals surface area contributed by atoms with Crippen LogP contribution in [0.2, 0.25) is 0 Å². The molecule has 20 heavy (non-hydrogen) atoms. The molecular weight excluding hydrogens is 322 g/mol. The molecule has 1 heterocycles. The van der Waals surface area contributed by atoms with E-state index in [2.05, 4.69) is 15.9 Å². The molecule has 0 spiro atoms. The van der Waals surface area contributed by atoms with Crippen LogP contribution in [0.1, 0.15) is 12.5 Å². The van der Waals surface area contributed by atoms with E-state index in [1.54, 1.807) is 17.9 Å². The number of carbonyl (C=O) groups excluding carboxylic acids is 1. The molecule has 106 valence electrons. The summed E-state index contributed by atoms with van der Waals surface area (Å²) < 4.78 is 0.964. The fourth-order valence-electron chi connectivity index (χ4n) is 2.09. The van der Waals surface area contributed by atoms with Crippen molar-refractivity contribution in [3.63, 3.8) is 0 Å². The largest absolute Gasteiger partial charge is 0.481 e. The highest BCUT2D eigenvalue weighted by Gasteiger charge is 2.36. The van der Waals surface area contributed by atoms with Gasteiger partial charge in [-0.25, -0.2) is 0 Å². The molecule has 0 aromatic heterocycles. The lowest BCUT2D eigenvalue weighted by atomic mass is 9.87. The van der Waals surface area contributed by atoms with Gasteiger partial charge in [0.1, 0.15) is 0 Å². The highest BCUT2D eigenvalue weighted by molar-refractivity contribution is 9.10. The van der Waals surface area contributed by atoms with Gasteiger partial charge in [-0.2, -0.15) is 0 Å². The smallest absolute Gasteiger partial charge is 0.306 e. The Morgan fingerprint density at radius 2 is 2.15 bits per heavy atom. The number of rotatable bonds is 4. The van der Waals surface area contributed by atoms with Gasteiger partial charge in [-0.3, -0.25) is 9.59 Å². The first-order valence-electron chi connectivity index (χ1n) is 6.42. The predicted octanol–water partition coefficient (Wildman–Crippen LogP) is 2.64. The van der Waals surface area contributed by atoms with Crippen LogP contribution in [0.25, 0.3) is 6.08 Å². The Morgan fingerprint density at radius 3 is 2.75 bits per heavy atom. The maximum absolute atomic E-state index is 11.9. The van der Waals surface area contributed by atoms with Crippen LogP contribution in [0.5, 0.6) is 0 Å². The molecule has 1 aliphatic heterocycles. The van der Waals surface area contributed by atoms with E-state index in [1.165, 1.54) is 6.08 Å². The van der Waals surface area contributed by atoms with Gasteiger partial charge in [0, 0.05) is 29.6 Å². The zero-order chi connectivity index (χ0) is 14.7. The number of carbonyl (C=O) groups is 2. The Kier molecular flexibility index (Phi) is 4.60. The Bertz CT molecular complexity index is 550. The van der Waals surface area contributed by atoms with Gasteiger partial charge in [0.2, 0.25) is 5.91 Å². The van der Waals surface area contributed by atoms with Gasteiger partial charge >= 0.3 is 5.97 Å². The predicted molar refractivity (Wildman–Crippen MR) is 80.0 cm³/mol. The summed E-state index contributed by atoms with van der Waals surface area (Å²) in [6.45, 7) is 2.73. The van der Waals surface area contributed by atoms with Crippen LogP contribution in [0.4, 0.5) is 0 Å². The number of carboxylic acids is 1. The molecule has 1 unspecified atom stereocenters. The van der Waals surface area contributed by atoms with Gasteiger partial charge in [-0.15, -0.1) is 0 Å². The summed E-state index contributed by atoms with van der Waals surface area (Å²) in [7, 11) is 0. The molecule has 1 aromatic rings. The van der Waals surface area contributed by atoms with E-state index in [0.717, 1.165) is 10.0 Å². The van der Waals surface area contributed by atoms with Gasteiger partial charge < -0.3 is 10.0 Å². The number of likely N-dealkylation sites (tertiary alicyclic amines) is 1. The SMILES string of the molecule is CC(C(=O)O)C1CN(C(=O)/C=C/c2cccc(Br)c2)C1. The molecule has 2 rings (SSSR count). The third-order valence-corrected chi connectivity index (χ3v) is 4.08. The third-order valence-electron chi connectivity index (χ3n) is 3.59. The van der Waals surface area contributed by atoms with Crippen LogP contribution < -0.4 is 0 Å². The lowest BCUT2D eigenvalue weighted by Gasteiger charge is -2.40. The minimum Gasteiger partial charge on any atom is -0.481 e. The summed E-state index contributed by atoms with van der Waals surface area (Å²) in [5.74, 6) is -1.20. The number of carboxylic acid groups (broad SMARTS) is 1. The van der Waals surface area contributed by atoms with Crippen molar-refractivity contribution in [3.05, 3.63) is 40.4 Å². The van der Waals surface area contributed by atoms with Crippen LogP contribution in [0.15, 0.2) is 34.8 Å². The molecule has 1 aromatic carbocycles. The summed E-state index contributed by atoms with van der Waals surface area (Å²) in [6.07, 6.45) is 3.30. The first-order chi connectivity index (χ1) is 9.47. The highest BCUT2D eigenvalue weighted by Crippen LogP contribution is 2.24. The maximum atomic E-state index is 11.9. The molecule has 1 N–H and O–H groups in total. The molecular formula is C15H16BrNO3. The Labute approximate surface area is 126 Å². The fraction of sp³-hybridized carbons (Fsp3) is 0.333. The van der Waals surface area contributed by atoms with Crippen molar-refractivity contribution in [3.8, 4) is 0 Å². The topological polar surface area (TPSA) is 57.6 Å². The number of nitrogens with zero attached hydrogens (tertiary/aromatic N) is 1. The number of hydrogen-bond acceptors (Lipinski definition) is 2. The van der Waals surface area contributed by atoms with Crippen LogP contribution in [-0.2, 0) is 9.59 Å². The van der Waals surface area contributed by atoms with E-state index in [4.69, 9.17) is 5.11 Å². The molecule has 1 atom stereocenters. The molecule has 4 nitrogen and oxygen atoms in total.